The second kappa shape index (κ2) is 8.10. The number of nitrogens with zero attached hydrogens (tertiary/aromatic N) is 1. The minimum atomic E-state index is -3.66. The summed E-state index contributed by atoms with van der Waals surface area (Å²) in [7, 11) is -3.66. The standard InChI is InChI=1S/C19H23ClN2O3S/c1-5-18(19(23)21-16-8-6-15(20)7-9-16)22(26(4,24)25)17-11-13(2)10-14(3)12-17/h6-12,18H,5H2,1-4H3,(H,21,23). The molecule has 0 radical (unpaired) electrons. The number of sulfonamides is 1. The van der Waals surface area contributed by atoms with Gasteiger partial charge in [-0.2, -0.15) is 0 Å². The molecule has 0 saturated heterocycles. The van der Waals surface area contributed by atoms with E-state index in [-0.39, 0.29) is 5.91 Å². The maximum atomic E-state index is 12.8. The van der Waals surface area contributed by atoms with Gasteiger partial charge in [0.15, 0.2) is 0 Å². The molecule has 2 aromatic rings. The molecule has 0 saturated carbocycles. The number of aryl methyl sites for hydroxylation is 2. The van der Waals surface area contributed by atoms with Crippen LogP contribution in [0.15, 0.2) is 42.5 Å². The first-order valence-corrected chi connectivity index (χ1v) is 10.5. The predicted molar refractivity (Wildman–Crippen MR) is 107 cm³/mol. The van der Waals surface area contributed by atoms with Gasteiger partial charge in [0, 0.05) is 10.7 Å². The Balaban J connectivity index is 2.40. The Morgan fingerprint density at radius 3 is 2.12 bits per heavy atom. The van der Waals surface area contributed by atoms with Crippen LogP contribution in [0, 0.1) is 13.8 Å². The Kier molecular flexibility index (Phi) is 6.31. The van der Waals surface area contributed by atoms with Crippen molar-refractivity contribution < 1.29 is 13.2 Å². The highest BCUT2D eigenvalue weighted by Gasteiger charge is 2.31. The molecular formula is C19H23ClN2O3S. The van der Waals surface area contributed by atoms with Gasteiger partial charge in [-0.15, -0.1) is 0 Å². The average molecular weight is 395 g/mol. The molecule has 0 bridgehead atoms. The zero-order chi connectivity index (χ0) is 19.5. The van der Waals surface area contributed by atoms with E-state index in [0.717, 1.165) is 17.4 Å². The number of benzene rings is 2. The van der Waals surface area contributed by atoms with Crippen molar-refractivity contribution in [1.82, 2.24) is 0 Å². The zero-order valence-corrected chi connectivity index (χ0v) is 16.9. The Labute approximate surface area is 160 Å². The summed E-state index contributed by atoms with van der Waals surface area (Å²) >= 11 is 5.86. The van der Waals surface area contributed by atoms with Gasteiger partial charge >= 0.3 is 0 Å². The van der Waals surface area contributed by atoms with Crippen molar-refractivity contribution in [3.8, 4) is 0 Å². The fraction of sp³-hybridized carbons (Fsp3) is 0.316. The highest BCUT2D eigenvalue weighted by Crippen LogP contribution is 2.26. The topological polar surface area (TPSA) is 66.5 Å². The second-order valence-corrected chi connectivity index (χ2v) is 8.62. The number of anilines is 2. The van der Waals surface area contributed by atoms with Crippen molar-refractivity contribution in [2.75, 3.05) is 15.9 Å². The molecule has 26 heavy (non-hydrogen) atoms. The minimum Gasteiger partial charge on any atom is -0.324 e. The van der Waals surface area contributed by atoms with Crippen LogP contribution in [0.4, 0.5) is 11.4 Å². The van der Waals surface area contributed by atoms with E-state index in [1.807, 2.05) is 19.9 Å². The molecule has 0 aliphatic heterocycles. The summed E-state index contributed by atoms with van der Waals surface area (Å²) in [5.41, 5.74) is 2.91. The van der Waals surface area contributed by atoms with Crippen LogP contribution in [-0.2, 0) is 14.8 Å². The number of hydrogen-bond donors (Lipinski definition) is 1. The molecule has 2 rings (SSSR count). The molecule has 140 valence electrons. The Morgan fingerprint density at radius 1 is 1.12 bits per heavy atom. The lowest BCUT2D eigenvalue weighted by Gasteiger charge is -2.30. The summed E-state index contributed by atoms with van der Waals surface area (Å²) in [6.45, 7) is 5.57. The van der Waals surface area contributed by atoms with Crippen LogP contribution in [0.5, 0.6) is 0 Å². The van der Waals surface area contributed by atoms with Gasteiger partial charge in [0.2, 0.25) is 15.9 Å². The lowest BCUT2D eigenvalue weighted by atomic mass is 10.1. The number of amides is 1. The first kappa shape index (κ1) is 20.3. The van der Waals surface area contributed by atoms with E-state index in [9.17, 15) is 13.2 Å². The third-order valence-electron chi connectivity index (χ3n) is 3.90. The molecule has 1 N–H and O–H groups in total. The Hall–Kier alpha value is -2.05. The first-order valence-electron chi connectivity index (χ1n) is 8.26. The largest absolute Gasteiger partial charge is 0.324 e. The average Bonchev–Trinajstić information content (AvgIpc) is 2.52. The molecule has 7 heteroatoms. The third kappa shape index (κ3) is 4.99. The predicted octanol–water partition coefficient (Wildman–Crippen LogP) is 4.14. The smallest absolute Gasteiger partial charge is 0.248 e. The van der Waals surface area contributed by atoms with Gasteiger partial charge in [-0.05, 0) is 67.8 Å². The molecule has 0 aromatic heterocycles. The van der Waals surface area contributed by atoms with Crippen LogP contribution in [0.2, 0.25) is 5.02 Å². The van der Waals surface area contributed by atoms with E-state index < -0.39 is 16.1 Å². The van der Waals surface area contributed by atoms with E-state index in [1.54, 1.807) is 43.3 Å². The molecule has 0 fully saturated rings. The molecule has 1 amide bonds. The maximum absolute atomic E-state index is 12.8. The molecule has 1 unspecified atom stereocenters. The molecule has 2 aromatic carbocycles. The molecule has 0 heterocycles. The van der Waals surface area contributed by atoms with Gasteiger partial charge in [0.25, 0.3) is 0 Å². The van der Waals surface area contributed by atoms with Gasteiger partial charge in [-0.1, -0.05) is 24.6 Å². The van der Waals surface area contributed by atoms with Crippen molar-refractivity contribution in [3.63, 3.8) is 0 Å². The van der Waals surface area contributed by atoms with Crippen molar-refractivity contribution in [3.05, 3.63) is 58.6 Å². The normalized spacial score (nSPS) is 12.5. The van der Waals surface area contributed by atoms with Crippen LogP contribution < -0.4 is 9.62 Å². The molecule has 5 nitrogen and oxygen atoms in total. The van der Waals surface area contributed by atoms with E-state index >= 15 is 0 Å². The fourth-order valence-electron chi connectivity index (χ4n) is 2.90. The van der Waals surface area contributed by atoms with Gasteiger partial charge in [0.1, 0.15) is 6.04 Å². The van der Waals surface area contributed by atoms with E-state index in [4.69, 9.17) is 11.6 Å². The second-order valence-electron chi connectivity index (χ2n) is 6.32. The Morgan fingerprint density at radius 2 is 1.65 bits per heavy atom. The summed E-state index contributed by atoms with van der Waals surface area (Å²) in [5.74, 6) is -0.389. The van der Waals surface area contributed by atoms with Gasteiger partial charge in [-0.3, -0.25) is 9.10 Å². The zero-order valence-electron chi connectivity index (χ0n) is 15.3. The van der Waals surface area contributed by atoms with Crippen LogP contribution in [-0.4, -0.2) is 26.6 Å². The summed E-state index contributed by atoms with van der Waals surface area (Å²) in [4.78, 5) is 12.8. The highest BCUT2D eigenvalue weighted by atomic mass is 35.5. The number of nitrogens with one attached hydrogen (secondary N) is 1. The SMILES string of the molecule is CCC(C(=O)Nc1ccc(Cl)cc1)N(c1cc(C)cc(C)c1)S(C)(=O)=O. The number of carbonyl (C=O) groups is 1. The Bertz CT molecular complexity index is 875. The van der Waals surface area contributed by atoms with Crippen LogP contribution >= 0.6 is 11.6 Å². The van der Waals surface area contributed by atoms with Crippen LogP contribution in [0.1, 0.15) is 24.5 Å². The van der Waals surface area contributed by atoms with Crippen molar-refractivity contribution >= 4 is 38.9 Å². The maximum Gasteiger partial charge on any atom is 0.248 e. The first-order chi connectivity index (χ1) is 12.1. The van der Waals surface area contributed by atoms with Crippen molar-refractivity contribution in [2.45, 2.75) is 33.2 Å². The summed E-state index contributed by atoms with van der Waals surface area (Å²) in [5, 5.41) is 3.33. The third-order valence-corrected chi connectivity index (χ3v) is 5.33. The number of rotatable bonds is 6. The molecular weight excluding hydrogens is 372 g/mol. The minimum absolute atomic E-state index is 0.333. The van der Waals surface area contributed by atoms with Gasteiger partial charge < -0.3 is 5.32 Å². The number of halogens is 1. The molecule has 0 aliphatic carbocycles. The highest BCUT2D eigenvalue weighted by molar-refractivity contribution is 7.92. The summed E-state index contributed by atoms with van der Waals surface area (Å²) in [6.07, 6.45) is 1.45. The van der Waals surface area contributed by atoms with Gasteiger partial charge in [0.05, 0.1) is 11.9 Å². The fourth-order valence-corrected chi connectivity index (χ4v) is 4.22. The van der Waals surface area contributed by atoms with E-state index in [1.165, 1.54) is 4.31 Å². The lowest BCUT2D eigenvalue weighted by Crippen LogP contribution is -2.47. The van der Waals surface area contributed by atoms with Crippen LogP contribution in [0.3, 0.4) is 0 Å². The summed E-state index contributed by atoms with van der Waals surface area (Å²) in [6, 6.07) is 11.3. The quantitative estimate of drug-likeness (QED) is 0.800. The molecule has 0 aliphatic rings. The number of carbonyl (C=O) groups excluding carboxylic acids is 1. The monoisotopic (exact) mass is 394 g/mol. The number of hydrogen-bond acceptors (Lipinski definition) is 3. The van der Waals surface area contributed by atoms with E-state index in [0.29, 0.717) is 22.8 Å². The molecule has 1 atom stereocenters. The van der Waals surface area contributed by atoms with Crippen LogP contribution in [0.25, 0.3) is 0 Å². The lowest BCUT2D eigenvalue weighted by molar-refractivity contribution is -0.117. The van der Waals surface area contributed by atoms with E-state index in [2.05, 4.69) is 5.32 Å². The van der Waals surface area contributed by atoms with Gasteiger partial charge in [-0.25, -0.2) is 8.42 Å². The summed E-state index contributed by atoms with van der Waals surface area (Å²) < 4.78 is 26.2. The van der Waals surface area contributed by atoms with Crippen molar-refractivity contribution in [2.24, 2.45) is 0 Å². The molecule has 0 spiro atoms. The van der Waals surface area contributed by atoms with Crippen molar-refractivity contribution in [1.29, 1.82) is 0 Å².